The summed E-state index contributed by atoms with van der Waals surface area (Å²) in [4.78, 5) is 0. The zero-order valence-electron chi connectivity index (χ0n) is 8.29. The monoisotopic (exact) mass is 185 g/mol. The Balaban J connectivity index is 2.00. The van der Waals surface area contributed by atoms with Crippen molar-refractivity contribution >= 4 is 0 Å². The predicted molar refractivity (Wildman–Crippen MR) is 59.2 cm³/mol. The summed E-state index contributed by atoms with van der Waals surface area (Å²) < 4.78 is 0. The van der Waals surface area contributed by atoms with E-state index in [1.54, 1.807) is 0 Å². The molecule has 1 heteroatoms. The van der Waals surface area contributed by atoms with Gasteiger partial charge in [-0.25, -0.2) is 0 Å². The maximum atomic E-state index is 5.20. The molecule has 0 amide bonds. The second-order valence-electron chi connectivity index (χ2n) is 3.77. The molecule has 0 bridgehead atoms. The highest BCUT2D eigenvalue weighted by Crippen LogP contribution is 2.31. The standard InChI is InChI=1S/C13H15N/c1-2-9-14-10-12-8-7-11-5-3-4-6-13(11)12/h1,3-6,12,14H,7-10H2. The second kappa shape index (κ2) is 4.30. The summed E-state index contributed by atoms with van der Waals surface area (Å²) in [6.07, 6.45) is 7.68. The molecule has 0 saturated heterocycles. The molecule has 1 aromatic carbocycles. The molecule has 0 aliphatic heterocycles. The molecule has 0 fully saturated rings. The lowest BCUT2D eigenvalue weighted by Gasteiger charge is -2.10. The first kappa shape index (κ1) is 9.30. The quantitative estimate of drug-likeness (QED) is 0.560. The summed E-state index contributed by atoms with van der Waals surface area (Å²) in [5, 5.41) is 3.28. The summed E-state index contributed by atoms with van der Waals surface area (Å²) >= 11 is 0. The molecule has 0 spiro atoms. The van der Waals surface area contributed by atoms with Crippen LogP contribution < -0.4 is 5.32 Å². The minimum absolute atomic E-state index is 0.666. The van der Waals surface area contributed by atoms with Crippen molar-refractivity contribution in [3.8, 4) is 12.3 Å². The fraction of sp³-hybridized carbons (Fsp3) is 0.385. The summed E-state index contributed by atoms with van der Waals surface area (Å²) in [7, 11) is 0. The average molecular weight is 185 g/mol. The first-order valence-electron chi connectivity index (χ1n) is 5.14. The van der Waals surface area contributed by atoms with Crippen LogP contribution >= 0.6 is 0 Å². The van der Waals surface area contributed by atoms with Gasteiger partial charge in [0.25, 0.3) is 0 Å². The van der Waals surface area contributed by atoms with Crippen LogP contribution in [0.1, 0.15) is 23.5 Å². The highest BCUT2D eigenvalue weighted by molar-refractivity contribution is 5.35. The van der Waals surface area contributed by atoms with Gasteiger partial charge in [0, 0.05) is 6.54 Å². The van der Waals surface area contributed by atoms with Gasteiger partial charge in [0.05, 0.1) is 6.54 Å². The third-order valence-corrected chi connectivity index (χ3v) is 2.87. The molecule has 1 nitrogen and oxygen atoms in total. The molecule has 72 valence electrons. The zero-order valence-corrected chi connectivity index (χ0v) is 8.29. The Bertz CT molecular complexity index is 348. The van der Waals surface area contributed by atoms with Crippen LogP contribution in [0, 0.1) is 12.3 Å². The van der Waals surface area contributed by atoms with Crippen LogP contribution in [0.3, 0.4) is 0 Å². The molecular weight excluding hydrogens is 170 g/mol. The van der Waals surface area contributed by atoms with E-state index >= 15 is 0 Å². The van der Waals surface area contributed by atoms with Gasteiger partial charge < -0.3 is 5.32 Å². The van der Waals surface area contributed by atoms with Gasteiger partial charge in [-0.3, -0.25) is 0 Å². The fourth-order valence-electron chi connectivity index (χ4n) is 2.18. The Morgan fingerprint density at radius 3 is 3.14 bits per heavy atom. The van der Waals surface area contributed by atoms with Gasteiger partial charge in [-0.05, 0) is 29.9 Å². The molecule has 0 heterocycles. The number of rotatable bonds is 3. The van der Waals surface area contributed by atoms with Crippen molar-refractivity contribution in [1.82, 2.24) is 5.32 Å². The van der Waals surface area contributed by atoms with Crippen LogP contribution in [0.5, 0.6) is 0 Å². The molecule has 0 saturated carbocycles. The SMILES string of the molecule is C#CCNCC1CCc2ccccc21. The molecule has 2 rings (SSSR count). The van der Waals surface area contributed by atoms with Crippen molar-refractivity contribution < 1.29 is 0 Å². The van der Waals surface area contributed by atoms with Crippen molar-refractivity contribution in [2.24, 2.45) is 0 Å². The van der Waals surface area contributed by atoms with Crippen LogP contribution in [-0.4, -0.2) is 13.1 Å². The van der Waals surface area contributed by atoms with Crippen molar-refractivity contribution in [2.75, 3.05) is 13.1 Å². The summed E-state index contributed by atoms with van der Waals surface area (Å²) in [5.41, 5.74) is 3.03. The number of benzene rings is 1. The lowest BCUT2D eigenvalue weighted by atomic mass is 10.0. The Kier molecular flexibility index (Phi) is 2.86. The van der Waals surface area contributed by atoms with E-state index in [2.05, 4.69) is 35.5 Å². The first-order chi connectivity index (χ1) is 6.92. The molecule has 0 radical (unpaired) electrons. The predicted octanol–water partition coefficient (Wildman–Crippen LogP) is 1.94. The van der Waals surface area contributed by atoms with Gasteiger partial charge in [0.1, 0.15) is 0 Å². The van der Waals surface area contributed by atoms with Crippen LogP contribution in [0.4, 0.5) is 0 Å². The van der Waals surface area contributed by atoms with Crippen LogP contribution in [-0.2, 0) is 6.42 Å². The van der Waals surface area contributed by atoms with Crippen LogP contribution in [0.2, 0.25) is 0 Å². The minimum Gasteiger partial charge on any atom is -0.306 e. The van der Waals surface area contributed by atoms with Crippen LogP contribution in [0.25, 0.3) is 0 Å². The van der Waals surface area contributed by atoms with Crippen molar-refractivity contribution in [2.45, 2.75) is 18.8 Å². The highest BCUT2D eigenvalue weighted by Gasteiger charge is 2.20. The van der Waals surface area contributed by atoms with E-state index < -0.39 is 0 Å². The molecule has 1 aromatic rings. The topological polar surface area (TPSA) is 12.0 Å². The third kappa shape index (κ3) is 1.81. The number of fused-ring (bicyclic) bond motifs is 1. The Hall–Kier alpha value is -1.26. The summed E-state index contributed by atoms with van der Waals surface area (Å²) in [5.74, 6) is 3.27. The van der Waals surface area contributed by atoms with E-state index in [4.69, 9.17) is 6.42 Å². The number of terminal acetylenes is 1. The number of hydrogen-bond donors (Lipinski definition) is 1. The molecule has 14 heavy (non-hydrogen) atoms. The van der Waals surface area contributed by atoms with Crippen molar-refractivity contribution in [1.29, 1.82) is 0 Å². The van der Waals surface area contributed by atoms with E-state index in [1.807, 2.05) is 0 Å². The van der Waals surface area contributed by atoms with Crippen molar-refractivity contribution in [3.63, 3.8) is 0 Å². The molecule has 1 aliphatic rings. The maximum absolute atomic E-state index is 5.20. The molecule has 0 aromatic heterocycles. The fourth-order valence-corrected chi connectivity index (χ4v) is 2.18. The first-order valence-corrected chi connectivity index (χ1v) is 5.14. The van der Waals surface area contributed by atoms with Gasteiger partial charge >= 0.3 is 0 Å². The van der Waals surface area contributed by atoms with Crippen molar-refractivity contribution in [3.05, 3.63) is 35.4 Å². The van der Waals surface area contributed by atoms with E-state index in [1.165, 1.54) is 24.0 Å². The normalized spacial score (nSPS) is 18.9. The van der Waals surface area contributed by atoms with Gasteiger partial charge in [0.2, 0.25) is 0 Å². The molecule has 1 N–H and O–H groups in total. The molecule has 1 unspecified atom stereocenters. The lowest BCUT2D eigenvalue weighted by Crippen LogP contribution is -2.20. The minimum atomic E-state index is 0.666. The second-order valence-corrected chi connectivity index (χ2v) is 3.77. The molecule has 1 aliphatic carbocycles. The van der Waals surface area contributed by atoms with Crippen LogP contribution in [0.15, 0.2) is 24.3 Å². The Morgan fingerprint density at radius 1 is 1.43 bits per heavy atom. The number of nitrogens with one attached hydrogen (secondary N) is 1. The largest absolute Gasteiger partial charge is 0.306 e. The van der Waals surface area contributed by atoms with E-state index in [9.17, 15) is 0 Å². The average Bonchev–Trinajstić information content (AvgIpc) is 2.63. The van der Waals surface area contributed by atoms with Gasteiger partial charge in [0.15, 0.2) is 0 Å². The highest BCUT2D eigenvalue weighted by atomic mass is 14.8. The van der Waals surface area contributed by atoms with Gasteiger partial charge in [-0.2, -0.15) is 0 Å². The number of hydrogen-bond acceptors (Lipinski definition) is 1. The molecule has 1 atom stereocenters. The maximum Gasteiger partial charge on any atom is 0.0574 e. The van der Waals surface area contributed by atoms with E-state index in [0.717, 1.165) is 6.54 Å². The summed E-state index contributed by atoms with van der Waals surface area (Å²) in [6, 6.07) is 8.72. The molecular formula is C13H15N. The summed E-state index contributed by atoms with van der Waals surface area (Å²) in [6.45, 7) is 1.69. The number of aryl methyl sites for hydroxylation is 1. The smallest absolute Gasteiger partial charge is 0.0574 e. The Morgan fingerprint density at radius 2 is 2.29 bits per heavy atom. The Labute approximate surface area is 85.5 Å². The zero-order chi connectivity index (χ0) is 9.80. The lowest BCUT2D eigenvalue weighted by molar-refractivity contribution is 0.608. The van der Waals surface area contributed by atoms with E-state index in [0.29, 0.717) is 12.5 Å². The van der Waals surface area contributed by atoms with Gasteiger partial charge in [-0.1, -0.05) is 30.2 Å². The van der Waals surface area contributed by atoms with Gasteiger partial charge in [-0.15, -0.1) is 6.42 Å². The third-order valence-electron chi connectivity index (χ3n) is 2.87. The van der Waals surface area contributed by atoms with E-state index in [-0.39, 0.29) is 0 Å².